The van der Waals surface area contributed by atoms with Crippen LogP contribution in [0.1, 0.15) is 0 Å². The lowest BCUT2D eigenvalue weighted by atomic mass is 10.0. The fourth-order valence-corrected chi connectivity index (χ4v) is 3.18. The summed E-state index contributed by atoms with van der Waals surface area (Å²) in [6.45, 7) is 0.785. The summed E-state index contributed by atoms with van der Waals surface area (Å²) in [6, 6.07) is 14.2. The second kappa shape index (κ2) is 8.84. The van der Waals surface area contributed by atoms with E-state index in [9.17, 15) is 4.39 Å². The summed E-state index contributed by atoms with van der Waals surface area (Å²) in [4.78, 5) is 13.5. The van der Waals surface area contributed by atoms with E-state index in [4.69, 9.17) is 14.5 Å². The van der Waals surface area contributed by atoms with Gasteiger partial charge in [0.2, 0.25) is 0 Å². The van der Waals surface area contributed by atoms with Gasteiger partial charge < -0.3 is 14.8 Å². The molecule has 6 nitrogen and oxygen atoms in total. The van der Waals surface area contributed by atoms with Gasteiger partial charge in [-0.05, 0) is 47.5 Å². The Labute approximate surface area is 173 Å². The first-order chi connectivity index (χ1) is 14.7. The molecule has 0 unspecified atom stereocenters. The normalized spacial score (nSPS) is 10.9. The van der Waals surface area contributed by atoms with Gasteiger partial charge in [-0.2, -0.15) is 0 Å². The third-order valence-electron chi connectivity index (χ3n) is 4.61. The van der Waals surface area contributed by atoms with Gasteiger partial charge in [0.1, 0.15) is 24.0 Å². The minimum Gasteiger partial charge on any atom is -0.491 e. The maximum Gasteiger partial charge on any atom is 0.163 e. The van der Waals surface area contributed by atoms with E-state index < -0.39 is 0 Å². The van der Waals surface area contributed by atoms with E-state index >= 15 is 0 Å². The first-order valence-electron chi connectivity index (χ1n) is 9.50. The molecule has 2 aromatic carbocycles. The molecule has 0 aliphatic rings. The van der Waals surface area contributed by atoms with E-state index in [2.05, 4.69) is 15.3 Å². The molecule has 0 radical (unpaired) electrons. The van der Waals surface area contributed by atoms with E-state index in [1.165, 1.54) is 12.1 Å². The van der Waals surface area contributed by atoms with Crippen LogP contribution >= 0.6 is 0 Å². The van der Waals surface area contributed by atoms with Crippen molar-refractivity contribution >= 4 is 16.7 Å². The van der Waals surface area contributed by atoms with Crippen molar-refractivity contribution in [3.8, 4) is 28.3 Å². The molecule has 0 saturated carbocycles. The number of hydrogen-bond acceptors (Lipinski definition) is 6. The number of methoxy groups -OCH3 is 1. The molecule has 2 aromatic heterocycles. The number of nitrogens with zero attached hydrogens (tertiary/aromatic N) is 3. The number of halogens is 1. The SMILES string of the molecule is CNc1nc(-c2cccnc2)nc2cc(-c3cc(F)cc(OCCOC)c3)ccc12. The summed E-state index contributed by atoms with van der Waals surface area (Å²) in [5.74, 6) is 1.37. The van der Waals surface area contributed by atoms with Crippen molar-refractivity contribution in [2.45, 2.75) is 0 Å². The maximum absolute atomic E-state index is 14.2. The second-order valence-corrected chi connectivity index (χ2v) is 6.64. The van der Waals surface area contributed by atoms with Crippen LogP contribution in [0.15, 0.2) is 60.9 Å². The van der Waals surface area contributed by atoms with Gasteiger partial charge in [-0.15, -0.1) is 0 Å². The summed E-state index contributed by atoms with van der Waals surface area (Å²) < 4.78 is 24.8. The van der Waals surface area contributed by atoms with E-state index in [1.54, 1.807) is 19.5 Å². The molecule has 4 aromatic rings. The minimum absolute atomic E-state index is 0.352. The van der Waals surface area contributed by atoms with Gasteiger partial charge in [-0.25, -0.2) is 14.4 Å². The predicted octanol–water partition coefficient (Wildman–Crippen LogP) is 4.56. The number of pyridine rings is 1. The Bertz CT molecular complexity index is 1170. The van der Waals surface area contributed by atoms with Crippen molar-refractivity contribution < 1.29 is 13.9 Å². The van der Waals surface area contributed by atoms with E-state index in [1.807, 2.05) is 43.4 Å². The zero-order valence-electron chi connectivity index (χ0n) is 16.7. The molecular weight excluding hydrogens is 383 g/mol. The lowest BCUT2D eigenvalue weighted by Gasteiger charge is -2.11. The molecule has 0 aliphatic carbocycles. The van der Waals surface area contributed by atoms with Gasteiger partial charge in [0.15, 0.2) is 5.82 Å². The van der Waals surface area contributed by atoms with Crippen LogP contribution < -0.4 is 10.1 Å². The van der Waals surface area contributed by atoms with Crippen molar-refractivity contribution in [2.75, 3.05) is 32.7 Å². The molecule has 0 amide bonds. The highest BCUT2D eigenvalue weighted by atomic mass is 19.1. The molecule has 0 fully saturated rings. The highest BCUT2D eigenvalue weighted by molar-refractivity contribution is 5.93. The average molecular weight is 404 g/mol. The molecule has 30 heavy (non-hydrogen) atoms. The van der Waals surface area contributed by atoms with E-state index in [0.29, 0.717) is 36.2 Å². The minimum atomic E-state index is -0.366. The second-order valence-electron chi connectivity index (χ2n) is 6.64. The van der Waals surface area contributed by atoms with Crippen molar-refractivity contribution in [2.24, 2.45) is 0 Å². The van der Waals surface area contributed by atoms with Gasteiger partial charge in [-0.1, -0.05) is 6.07 Å². The summed E-state index contributed by atoms with van der Waals surface area (Å²) in [5, 5.41) is 4.00. The zero-order valence-corrected chi connectivity index (χ0v) is 16.7. The number of ether oxygens (including phenoxy) is 2. The van der Waals surface area contributed by atoms with Crippen LogP contribution in [0.25, 0.3) is 33.4 Å². The number of nitrogens with one attached hydrogen (secondary N) is 1. The van der Waals surface area contributed by atoms with Crippen molar-refractivity contribution in [1.82, 2.24) is 15.0 Å². The van der Waals surface area contributed by atoms with Crippen LogP contribution in [0.2, 0.25) is 0 Å². The Morgan fingerprint density at radius 2 is 1.87 bits per heavy atom. The molecule has 4 rings (SSSR count). The average Bonchev–Trinajstić information content (AvgIpc) is 2.78. The number of aromatic nitrogens is 3. The molecular formula is C23H21FN4O2. The number of anilines is 1. The molecule has 2 heterocycles. The Morgan fingerprint density at radius 3 is 2.63 bits per heavy atom. The first-order valence-corrected chi connectivity index (χ1v) is 9.50. The third kappa shape index (κ3) is 4.21. The third-order valence-corrected chi connectivity index (χ3v) is 4.61. The van der Waals surface area contributed by atoms with Crippen LogP contribution in [0.5, 0.6) is 5.75 Å². The Hall–Kier alpha value is -3.58. The van der Waals surface area contributed by atoms with Crippen LogP contribution in [0.3, 0.4) is 0 Å². The largest absolute Gasteiger partial charge is 0.491 e. The van der Waals surface area contributed by atoms with E-state index in [-0.39, 0.29) is 5.82 Å². The fraction of sp³-hybridized carbons (Fsp3) is 0.174. The topological polar surface area (TPSA) is 69.2 Å². The Morgan fingerprint density at radius 1 is 0.967 bits per heavy atom. The smallest absolute Gasteiger partial charge is 0.163 e. The van der Waals surface area contributed by atoms with Gasteiger partial charge in [-0.3, -0.25) is 4.98 Å². The summed E-state index contributed by atoms with van der Waals surface area (Å²) in [7, 11) is 3.41. The first kappa shape index (κ1) is 19.7. The number of hydrogen-bond donors (Lipinski definition) is 1. The standard InChI is InChI=1S/C23H21FN4O2/c1-25-23-20-6-5-15(17-10-18(24)13-19(11-17)30-9-8-29-2)12-21(20)27-22(28-23)16-4-3-7-26-14-16/h3-7,10-14H,8-9H2,1-2H3,(H,25,27,28). The van der Waals surface area contributed by atoms with Crippen LogP contribution in [-0.2, 0) is 4.74 Å². The molecule has 152 valence electrons. The van der Waals surface area contributed by atoms with Crippen LogP contribution in [0, 0.1) is 5.82 Å². The van der Waals surface area contributed by atoms with Gasteiger partial charge in [0, 0.05) is 43.6 Å². The van der Waals surface area contributed by atoms with Crippen molar-refractivity contribution in [1.29, 1.82) is 0 Å². The summed E-state index contributed by atoms with van der Waals surface area (Å²) in [5.41, 5.74) is 3.10. The predicted molar refractivity (Wildman–Crippen MR) is 115 cm³/mol. The molecule has 0 bridgehead atoms. The molecule has 1 N–H and O–H groups in total. The van der Waals surface area contributed by atoms with Gasteiger partial charge in [0.25, 0.3) is 0 Å². The lowest BCUT2D eigenvalue weighted by molar-refractivity contribution is 0.146. The highest BCUT2D eigenvalue weighted by Crippen LogP contribution is 2.31. The summed E-state index contributed by atoms with van der Waals surface area (Å²) >= 11 is 0. The summed E-state index contributed by atoms with van der Waals surface area (Å²) in [6.07, 6.45) is 3.43. The van der Waals surface area contributed by atoms with Crippen LogP contribution in [0.4, 0.5) is 10.2 Å². The molecule has 0 spiro atoms. The molecule has 7 heteroatoms. The fourth-order valence-electron chi connectivity index (χ4n) is 3.18. The quantitative estimate of drug-likeness (QED) is 0.455. The molecule has 0 saturated heterocycles. The van der Waals surface area contributed by atoms with Crippen molar-refractivity contribution in [3.05, 3.63) is 66.7 Å². The highest BCUT2D eigenvalue weighted by Gasteiger charge is 2.11. The van der Waals surface area contributed by atoms with Crippen LogP contribution in [-0.4, -0.2) is 42.3 Å². The zero-order chi connectivity index (χ0) is 20.9. The van der Waals surface area contributed by atoms with E-state index in [0.717, 1.165) is 22.0 Å². The van der Waals surface area contributed by atoms with Gasteiger partial charge >= 0.3 is 0 Å². The maximum atomic E-state index is 14.2. The number of rotatable bonds is 7. The molecule has 0 atom stereocenters. The van der Waals surface area contributed by atoms with Crippen molar-refractivity contribution in [3.63, 3.8) is 0 Å². The number of fused-ring (bicyclic) bond motifs is 1. The van der Waals surface area contributed by atoms with Gasteiger partial charge in [0.05, 0.1) is 12.1 Å². The molecule has 0 aliphatic heterocycles. The lowest BCUT2D eigenvalue weighted by Crippen LogP contribution is -2.04. The number of benzene rings is 2. The Balaban J connectivity index is 1.77. The Kier molecular flexibility index (Phi) is 5.81. The monoisotopic (exact) mass is 404 g/mol.